The van der Waals surface area contributed by atoms with E-state index in [2.05, 4.69) is 39.8 Å². The number of anilines is 2. The van der Waals surface area contributed by atoms with Crippen LogP contribution in [-0.4, -0.2) is 66.8 Å². The number of fused-ring (bicyclic) bond motifs is 1. The largest absolute Gasteiger partial charge is 0.389 e. The highest BCUT2D eigenvalue weighted by molar-refractivity contribution is 7.16. The Morgan fingerprint density at radius 2 is 2.05 bits per heavy atom. The number of nitrogens with zero attached hydrogens (tertiary/aromatic N) is 4. The first-order valence-corrected chi connectivity index (χ1v) is 13.2. The zero-order valence-corrected chi connectivity index (χ0v) is 21.4. The van der Waals surface area contributed by atoms with E-state index in [0.717, 1.165) is 29.2 Å². The second-order valence-corrected chi connectivity index (χ2v) is 10.4. The minimum absolute atomic E-state index is 0.0121. The van der Waals surface area contributed by atoms with E-state index in [-0.39, 0.29) is 30.4 Å². The molecule has 5 rings (SSSR count). The van der Waals surface area contributed by atoms with Crippen LogP contribution in [0.1, 0.15) is 28.5 Å². The SMILES string of the molecule is CN(c1nc(-c2ccc(F)cc2)c(C#N)s1)C1CCc2ccc(NCCNCC(=O)N3CC(O)C3)cc21. The number of aryl methyl sites for hydroxylation is 1. The van der Waals surface area contributed by atoms with Crippen molar-refractivity contribution in [3.05, 3.63) is 64.3 Å². The fraction of sp³-hybridized carbons (Fsp3) is 0.370. The van der Waals surface area contributed by atoms with E-state index in [1.165, 1.54) is 34.6 Å². The summed E-state index contributed by atoms with van der Waals surface area (Å²) in [7, 11) is 2.01. The van der Waals surface area contributed by atoms with Gasteiger partial charge in [-0.05, 0) is 60.4 Å². The van der Waals surface area contributed by atoms with Gasteiger partial charge in [0.2, 0.25) is 5.91 Å². The molecule has 1 unspecified atom stereocenters. The van der Waals surface area contributed by atoms with Gasteiger partial charge in [0.25, 0.3) is 0 Å². The molecule has 1 aliphatic heterocycles. The number of carbonyl (C=O) groups excluding carboxylic acids is 1. The third kappa shape index (κ3) is 5.44. The summed E-state index contributed by atoms with van der Waals surface area (Å²) in [5.41, 5.74) is 4.87. The molecule has 1 aromatic heterocycles. The van der Waals surface area contributed by atoms with Gasteiger partial charge < -0.3 is 25.5 Å². The number of carbonyl (C=O) groups is 1. The number of nitrogens with one attached hydrogen (secondary N) is 2. The lowest BCUT2D eigenvalue weighted by molar-refractivity contribution is -0.140. The summed E-state index contributed by atoms with van der Waals surface area (Å²) in [6, 6.07) is 14.9. The molecule has 2 aliphatic rings. The second-order valence-electron chi connectivity index (χ2n) is 9.43. The van der Waals surface area contributed by atoms with Gasteiger partial charge in [0.1, 0.15) is 22.5 Å². The molecule has 0 saturated carbocycles. The third-order valence-electron chi connectivity index (χ3n) is 6.92. The Morgan fingerprint density at radius 1 is 1.27 bits per heavy atom. The lowest BCUT2D eigenvalue weighted by Gasteiger charge is -2.35. The quantitative estimate of drug-likeness (QED) is 0.373. The number of halogens is 1. The number of aliphatic hydroxyl groups excluding tert-OH is 1. The van der Waals surface area contributed by atoms with Crippen LogP contribution >= 0.6 is 11.3 Å². The summed E-state index contributed by atoms with van der Waals surface area (Å²) in [5.74, 6) is -0.309. The molecule has 0 bridgehead atoms. The molecule has 2 aromatic carbocycles. The van der Waals surface area contributed by atoms with Crippen molar-refractivity contribution in [1.29, 1.82) is 5.26 Å². The highest BCUT2D eigenvalue weighted by Crippen LogP contribution is 2.41. The number of benzene rings is 2. The van der Waals surface area contributed by atoms with Crippen molar-refractivity contribution in [3.63, 3.8) is 0 Å². The maximum Gasteiger partial charge on any atom is 0.236 e. The second kappa shape index (κ2) is 10.8. The summed E-state index contributed by atoms with van der Waals surface area (Å²) in [4.78, 5) is 21.0. The van der Waals surface area contributed by atoms with E-state index in [1.54, 1.807) is 17.0 Å². The van der Waals surface area contributed by atoms with E-state index in [1.807, 2.05) is 7.05 Å². The fourth-order valence-corrected chi connectivity index (χ4v) is 5.72. The molecule has 1 fully saturated rings. The van der Waals surface area contributed by atoms with Gasteiger partial charge >= 0.3 is 0 Å². The molecule has 1 aliphatic carbocycles. The summed E-state index contributed by atoms with van der Waals surface area (Å²) >= 11 is 1.35. The van der Waals surface area contributed by atoms with Crippen LogP contribution < -0.4 is 15.5 Å². The van der Waals surface area contributed by atoms with Crippen LogP contribution in [0.3, 0.4) is 0 Å². The van der Waals surface area contributed by atoms with Gasteiger partial charge in [-0.15, -0.1) is 0 Å². The van der Waals surface area contributed by atoms with E-state index in [0.29, 0.717) is 36.8 Å². The Labute approximate surface area is 219 Å². The number of hydrogen-bond donors (Lipinski definition) is 3. The zero-order valence-electron chi connectivity index (χ0n) is 20.6. The monoisotopic (exact) mass is 520 g/mol. The van der Waals surface area contributed by atoms with Crippen molar-refractivity contribution in [1.82, 2.24) is 15.2 Å². The molecule has 0 radical (unpaired) electrons. The summed E-state index contributed by atoms with van der Waals surface area (Å²) in [6.45, 7) is 2.44. The lowest BCUT2D eigenvalue weighted by atomic mass is 10.1. The molecule has 1 amide bonds. The minimum Gasteiger partial charge on any atom is -0.389 e. The maximum atomic E-state index is 13.4. The summed E-state index contributed by atoms with van der Waals surface area (Å²) in [6.07, 6.45) is 1.55. The molecule has 8 nitrogen and oxygen atoms in total. The number of aliphatic hydroxyl groups is 1. The molecular weight excluding hydrogens is 491 g/mol. The van der Waals surface area contributed by atoms with E-state index >= 15 is 0 Å². The van der Waals surface area contributed by atoms with Crippen LogP contribution in [0.25, 0.3) is 11.3 Å². The van der Waals surface area contributed by atoms with Crippen LogP contribution in [-0.2, 0) is 11.2 Å². The predicted molar refractivity (Wildman–Crippen MR) is 142 cm³/mol. The number of aromatic nitrogens is 1. The molecule has 0 spiro atoms. The Bertz CT molecular complexity index is 1320. The third-order valence-corrected chi connectivity index (χ3v) is 7.97. The van der Waals surface area contributed by atoms with Crippen LogP contribution in [0, 0.1) is 17.1 Å². The van der Waals surface area contributed by atoms with E-state index < -0.39 is 0 Å². The molecule has 1 atom stereocenters. The first-order valence-electron chi connectivity index (χ1n) is 12.4. The van der Waals surface area contributed by atoms with Gasteiger partial charge in [-0.2, -0.15) is 5.26 Å². The predicted octanol–water partition coefficient (Wildman–Crippen LogP) is 3.15. The summed E-state index contributed by atoms with van der Waals surface area (Å²) in [5, 5.41) is 26.3. The van der Waals surface area contributed by atoms with Gasteiger partial charge in [0.05, 0.1) is 18.7 Å². The smallest absolute Gasteiger partial charge is 0.236 e. The molecule has 1 saturated heterocycles. The van der Waals surface area contributed by atoms with Crippen LogP contribution in [0.4, 0.5) is 15.2 Å². The van der Waals surface area contributed by atoms with E-state index in [9.17, 15) is 19.6 Å². The normalized spacial score (nSPS) is 16.7. The Hall–Kier alpha value is -3.52. The first-order chi connectivity index (χ1) is 17.9. The lowest BCUT2D eigenvalue weighted by Crippen LogP contribution is -2.55. The topological polar surface area (TPSA) is 105 Å². The molecular formula is C27H29FN6O2S. The zero-order chi connectivity index (χ0) is 25.9. The Morgan fingerprint density at radius 3 is 2.78 bits per heavy atom. The van der Waals surface area contributed by atoms with Crippen molar-refractivity contribution in [2.75, 3.05) is 50.0 Å². The molecule has 37 heavy (non-hydrogen) atoms. The molecule has 3 aromatic rings. The number of thiazole rings is 1. The van der Waals surface area contributed by atoms with Crippen molar-refractivity contribution in [2.45, 2.75) is 25.0 Å². The van der Waals surface area contributed by atoms with Crippen molar-refractivity contribution in [3.8, 4) is 17.3 Å². The van der Waals surface area contributed by atoms with Gasteiger partial charge in [-0.25, -0.2) is 9.37 Å². The van der Waals surface area contributed by atoms with Crippen LogP contribution in [0.5, 0.6) is 0 Å². The van der Waals surface area contributed by atoms with Gasteiger partial charge in [-0.3, -0.25) is 4.79 Å². The van der Waals surface area contributed by atoms with Crippen LogP contribution in [0.15, 0.2) is 42.5 Å². The Kier molecular flexibility index (Phi) is 7.37. The highest BCUT2D eigenvalue weighted by atomic mass is 32.1. The van der Waals surface area contributed by atoms with Crippen molar-refractivity contribution >= 4 is 28.1 Å². The molecule has 2 heterocycles. The number of amides is 1. The summed E-state index contributed by atoms with van der Waals surface area (Å²) < 4.78 is 13.4. The number of likely N-dealkylation sites (tertiary alicyclic amines) is 1. The fourth-order valence-electron chi connectivity index (χ4n) is 4.83. The van der Waals surface area contributed by atoms with Gasteiger partial charge in [0, 0.05) is 44.5 Å². The first kappa shape index (κ1) is 25.1. The maximum absolute atomic E-state index is 13.4. The minimum atomic E-state index is -0.380. The average molecular weight is 521 g/mol. The number of β-amino-alcohol motifs (C(OH)–C–C–N with tert-alkyl or cyclic N) is 1. The van der Waals surface area contributed by atoms with Crippen molar-refractivity contribution < 1.29 is 14.3 Å². The van der Waals surface area contributed by atoms with Gasteiger partial charge in [-0.1, -0.05) is 17.4 Å². The number of nitriles is 1. The number of rotatable bonds is 9. The highest BCUT2D eigenvalue weighted by Gasteiger charge is 2.29. The number of hydrogen-bond acceptors (Lipinski definition) is 8. The van der Waals surface area contributed by atoms with E-state index in [4.69, 9.17) is 4.98 Å². The van der Waals surface area contributed by atoms with Crippen LogP contribution in [0.2, 0.25) is 0 Å². The standard InChI is InChI=1S/C27H29FN6O2S/c1-33(27-32-26(24(13-29)37-27)18-2-6-19(28)7-3-18)23-9-5-17-4-8-20(12-22(17)23)31-11-10-30-14-25(36)34-15-21(35)16-34/h2-4,6-8,12,21,23,30-31,35H,5,9-11,14-16H2,1H3. The average Bonchev–Trinajstić information content (AvgIpc) is 3.51. The van der Waals surface area contributed by atoms with Crippen molar-refractivity contribution in [2.24, 2.45) is 0 Å². The molecule has 10 heteroatoms. The molecule has 192 valence electrons. The van der Waals surface area contributed by atoms with Gasteiger partial charge in [0.15, 0.2) is 5.13 Å². The molecule has 3 N–H and O–H groups in total. The Balaban J connectivity index is 1.21.